The summed E-state index contributed by atoms with van der Waals surface area (Å²) in [6, 6.07) is 43.4. The Morgan fingerprint density at radius 1 is 0.130 bits per heavy atom. The summed E-state index contributed by atoms with van der Waals surface area (Å²) in [4.78, 5) is 0. The summed E-state index contributed by atoms with van der Waals surface area (Å²) in [5.74, 6) is 0. The van der Waals surface area contributed by atoms with Crippen molar-refractivity contribution in [2.45, 2.75) is 0 Å². The fraction of sp³-hybridized carbons (Fsp3) is 0. The van der Waals surface area contributed by atoms with Crippen molar-refractivity contribution >= 4 is 194 Å². The molecule has 0 saturated carbocycles. The largest absolute Gasteiger partial charge is 0.0610 e. The maximum atomic E-state index is 2.54. The van der Waals surface area contributed by atoms with Crippen LogP contribution in [0.5, 0.6) is 0 Å². The van der Waals surface area contributed by atoms with Gasteiger partial charge in [0.1, 0.15) is 0 Å². The van der Waals surface area contributed by atoms with E-state index in [2.05, 4.69) is 109 Å². The van der Waals surface area contributed by atoms with E-state index in [0.717, 1.165) is 0 Å². The van der Waals surface area contributed by atoms with Crippen LogP contribution in [0.4, 0.5) is 0 Å². The highest BCUT2D eigenvalue weighted by Crippen LogP contribution is 2.65. The van der Waals surface area contributed by atoms with E-state index in [-0.39, 0.29) is 0 Å². The van der Waals surface area contributed by atoms with Gasteiger partial charge >= 0.3 is 0 Å². The van der Waals surface area contributed by atoms with E-state index in [1.807, 2.05) is 0 Å². The van der Waals surface area contributed by atoms with Crippen molar-refractivity contribution in [2.75, 3.05) is 0 Å². The molecule has 0 spiro atoms. The fourth-order valence-electron chi connectivity index (χ4n) is 13.9. The Hall–Kier alpha value is -7.02. The monoisotopic (exact) mass is 666 g/mol. The summed E-state index contributed by atoms with van der Waals surface area (Å²) in [6.07, 6.45) is 0. The second kappa shape index (κ2) is 6.57. The van der Waals surface area contributed by atoms with Crippen molar-refractivity contribution in [1.29, 1.82) is 0 Å². The molecular weight excluding hydrogens is 649 g/mol. The van der Waals surface area contributed by atoms with E-state index in [1.165, 1.54) is 194 Å². The Balaban J connectivity index is 1.33. The molecule has 0 saturated heterocycles. The number of hydrogen-bond donors (Lipinski definition) is 0. The van der Waals surface area contributed by atoms with Crippen LogP contribution < -0.4 is 0 Å². The SMILES string of the molecule is c1cc2c3cc4c5cccc6c7ccc8c9cccc%10c%11cc%12c%13cccc%14c%15ccc%16c(c1)c2c3c(c4c56)c1c2c%16c%15c2c(c(c%12c%13%14)c%11c%109)c2c8c7c21. The van der Waals surface area contributed by atoms with Gasteiger partial charge in [0.05, 0.1) is 0 Å². The third-order valence-electron chi connectivity index (χ3n) is 15.6. The van der Waals surface area contributed by atoms with E-state index >= 15 is 0 Å². The maximum Gasteiger partial charge on any atom is -0.00000152 e. The van der Waals surface area contributed by atoms with Crippen LogP contribution in [0.25, 0.3) is 194 Å². The lowest BCUT2D eigenvalue weighted by Crippen LogP contribution is -2.04. The van der Waals surface area contributed by atoms with Crippen LogP contribution in [-0.2, 0) is 0 Å². The highest BCUT2D eigenvalue weighted by Gasteiger charge is 2.36. The summed E-state index contributed by atoms with van der Waals surface area (Å²) >= 11 is 0. The maximum absolute atomic E-state index is 2.54. The Morgan fingerprint density at radius 3 is 0.556 bits per heavy atom. The fourth-order valence-corrected chi connectivity index (χ4v) is 13.9. The lowest BCUT2D eigenvalue weighted by molar-refractivity contribution is 1.83. The van der Waals surface area contributed by atoms with Crippen molar-refractivity contribution in [3.8, 4) is 0 Å². The third kappa shape index (κ3) is 1.81. The van der Waals surface area contributed by atoms with Gasteiger partial charge in [0.25, 0.3) is 0 Å². The van der Waals surface area contributed by atoms with Crippen LogP contribution in [0.15, 0.2) is 109 Å². The van der Waals surface area contributed by atoms with Crippen molar-refractivity contribution in [2.24, 2.45) is 0 Å². The molecule has 0 aliphatic heterocycles. The Kier molecular flexibility index (Phi) is 2.86. The first-order chi connectivity index (χ1) is 26.9. The molecule has 0 aromatic heterocycles. The molecule has 234 valence electrons. The van der Waals surface area contributed by atoms with Gasteiger partial charge < -0.3 is 0 Å². The van der Waals surface area contributed by atoms with Crippen molar-refractivity contribution in [3.63, 3.8) is 0 Å². The average molecular weight is 667 g/mol. The minimum Gasteiger partial charge on any atom is -0.0610 e. The van der Waals surface area contributed by atoms with E-state index in [9.17, 15) is 0 Å². The lowest BCUT2D eigenvalue weighted by atomic mass is 9.69. The van der Waals surface area contributed by atoms with E-state index < -0.39 is 0 Å². The van der Waals surface area contributed by atoms with Gasteiger partial charge in [0.15, 0.2) is 0 Å². The van der Waals surface area contributed by atoms with Gasteiger partial charge in [0, 0.05) is 0 Å². The van der Waals surface area contributed by atoms with Gasteiger partial charge in [-0.15, -0.1) is 0 Å². The van der Waals surface area contributed by atoms with E-state index in [1.54, 1.807) is 0 Å². The zero-order valence-corrected chi connectivity index (χ0v) is 28.4. The molecule has 0 unspecified atom stereocenters. The number of rotatable bonds is 0. The molecule has 0 aliphatic carbocycles. The molecule has 0 atom stereocenters. The Bertz CT molecular complexity index is 4240. The van der Waals surface area contributed by atoms with Crippen LogP contribution in [-0.4, -0.2) is 0 Å². The molecule has 0 heterocycles. The van der Waals surface area contributed by atoms with Gasteiger partial charge in [-0.2, -0.15) is 0 Å². The molecule has 0 radical (unpaired) electrons. The zero-order valence-electron chi connectivity index (χ0n) is 28.4. The molecule has 0 bridgehead atoms. The summed E-state index contributed by atoms with van der Waals surface area (Å²) in [6.45, 7) is 0. The van der Waals surface area contributed by atoms with Crippen LogP contribution in [0.3, 0.4) is 0 Å². The van der Waals surface area contributed by atoms with Crippen molar-refractivity contribution in [3.05, 3.63) is 109 Å². The van der Waals surface area contributed by atoms with Gasteiger partial charge in [-0.05, 0) is 206 Å². The smallest absolute Gasteiger partial charge is 0.00000152 e. The van der Waals surface area contributed by atoms with Gasteiger partial charge in [-0.3, -0.25) is 0 Å². The minimum atomic E-state index is 1.40. The first-order valence-electron chi connectivity index (χ1n) is 19.5. The highest BCUT2D eigenvalue weighted by atomic mass is 14.4. The average Bonchev–Trinajstić information content (AvgIpc) is 3.15. The molecule has 54 heavy (non-hydrogen) atoms. The summed E-state index contributed by atoms with van der Waals surface area (Å²) in [5, 5.41) is 52.6. The highest BCUT2D eigenvalue weighted by molar-refractivity contribution is 6.67. The first-order valence-corrected chi connectivity index (χ1v) is 19.5. The number of fused-ring (bicyclic) bond motifs is 8. The molecule has 0 heteroatoms. The predicted octanol–water partition coefficient (Wildman–Crippen LogP) is 15.7. The zero-order chi connectivity index (χ0) is 33.5. The van der Waals surface area contributed by atoms with Gasteiger partial charge in [-0.1, -0.05) is 97.1 Å². The Morgan fingerprint density at radius 2 is 0.296 bits per heavy atom. The Labute approximate surface area is 301 Å². The van der Waals surface area contributed by atoms with Crippen LogP contribution in [0.1, 0.15) is 0 Å². The number of benzene rings is 9. The standard InChI is InChI=1S/C54H18/c1-5-19-27-13-14-28-20-6-3-11-25-33-18-34-26-12-4-8-22-30-16-15-29-21-7-2-10-24-32-17-31-23(9-1)35(19)43(31)47(44(32)36(21)24)53-49-39(27)40(28)50(49)54(52-42(30)41(29)51(52)53)48(45(33)37(20)25)46(34)38(22)26/h1-18H. The molecule has 19 aromatic carbocycles. The predicted molar refractivity (Wildman–Crippen MR) is 236 cm³/mol. The summed E-state index contributed by atoms with van der Waals surface area (Å²) in [5.41, 5.74) is 0. The first kappa shape index (κ1) is 23.5. The van der Waals surface area contributed by atoms with Crippen LogP contribution in [0, 0.1) is 0 Å². The molecular formula is C54H18. The van der Waals surface area contributed by atoms with Gasteiger partial charge in [-0.25, -0.2) is 0 Å². The molecule has 0 nitrogen and oxygen atoms in total. The molecule has 0 fully saturated rings. The molecule has 19 aromatic rings. The molecule has 0 aliphatic rings. The molecule has 0 N–H and O–H groups in total. The second-order valence-corrected chi connectivity index (χ2v) is 17.2. The lowest BCUT2D eigenvalue weighted by Gasteiger charge is -2.33. The number of hydrogen-bond acceptors (Lipinski definition) is 0. The van der Waals surface area contributed by atoms with Crippen molar-refractivity contribution < 1.29 is 0 Å². The summed E-state index contributed by atoms with van der Waals surface area (Å²) in [7, 11) is 0. The molecule has 0 amide bonds. The topological polar surface area (TPSA) is 0 Å². The normalized spacial score (nSPS) is 14.7. The molecule has 19 rings (SSSR count). The quantitative estimate of drug-likeness (QED) is 0.151. The van der Waals surface area contributed by atoms with Crippen LogP contribution >= 0.6 is 0 Å². The van der Waals surface area contributed by atoms with Gasteiger partial charge in [0.2, 0.25) is 0 Å². The minimum absolute atomic E-state index is 1.40. The summed E-state index contributed by atoms with van der Waals surface area (Å²) < 4.78 is 0. The third-order valence-corrected chi connectivity index (χ3v) is 15.6. The van der Waals surface area contributed by atoms with Crippen LogP contribution in [0.2, 0.25) is 0 Å². The van der Waals surface area contributed by atoms with E-state index in [0.29, 0.717) is 0 Å². The van der Waals surface area contributed by atoms with E-state index in [4.69, 9.17) is 0 Å². The second-order valence-electron chi connectivity index (χ2n) is 17.2. The van der Waals surface area contributed by atoms with Crippen molar-refractivity contribution in [1.82, 2.24) is 0 Å².